The third-order valence-electron chi connectivity index (χ3n) is 2.51. The van der Waals surface area contributed by atoms with Gasteiger partial charge in [0.1, 0.15) is 5.75 Å². The minimum Gasteiger partial charge on any atom is -0.507 e. The van der Waals surface area contributed by atoms with Gasteiger partial charge in [-0.25, -0.2) is 0 Å². The first kappa shape index (κ1) is 16.6. The molecule has 3 N–H and O–H groups in total. The lowest BCUT2D eigenvalue weighted by Crippen LogP contribution is -1.89. The van der Waals surface area contributed by atoms with Gasteiger partial charge < -0.3 is 15.8 Å². The molecule has 2 rings (SSSR count). The van der Waals surface area contributed by atoms with Crippen LogP contribution in [0.25, 0.3) is 0 Å². The third kappa shape index (κ3) is 5.23. The quantitative estimate of drug-likeness (QED) is 0.445. The van der Waals surface area contributed by atoms with Crippen molar-refractivity contribution >= 4 is 33.5 Å². The van der Waals surface area contributed by atoms with Crippen molar-refractivity contribution < 1.29 is 10.0 Å². The van der Waals surface area contributed by atoms with Crippen molar-refractivity contribution in [2.24, 2.45) is 0 Å². The summed E-state index contributed by atoms with van der Waals surface area (Å²) in [5, 5.41) is 29.1. The fourth-order valence-corrected chi connectivity index (χ4v) is 1.65. The highest BCUT2D eigenvalue weighted by atomic mass is 79.9. The summed E-state index contributed by atoms with van der Waals surface area (Å²) in [5.41, 5.74) is 1.15. The van der Waals surface area contributed by atoms with Crippen LogP contribution < -0.4 is 5.32 Å². The lowest BCUT2D eigenvalue weighted by Gasteiger charge is -1.96. The molecule has 0 spiro atoms. The summed E-state index contributed by atoms with van der Waals surface area (Å²) in [6, 6.07) is 11.6. The molecule has 2 aromatic rings. The summed E-state index contributed by atoms with van der Waals surface area (Å²) in [7, 11) is 1.91. The molecule has 0 amide bonds. The Labute approximate surface area is 130 Å². The van der Waals surface area contributed by atoms with Crippen molar-refractivity contribution in [3.05, 3.63) is 62.6 Å². The van der Waals surface area contributed by atoms with Gasteiger partial charge in [0, 0.05) is 41.1 Å². The topological polar surface area (TPSA) is 99.2 Å². The number of phenolic OH excluding ortho intramolecular Hbond substituents is 1. The zero-order valence-corrected chi connectivity index (χ0v) is 12.8. The second kappa shape index (κ2) is 8.01. The molecular weight excluding hydrogens is 338 g/mol. The smallest absolute Gasteiger partial charge is 0.270 e. The number of rotatable bonds is 3. The molecule has 0 saturated carbocycles. The Kier molecular flexibility index (Phi) is 6.35. The van der Waals surface area contributed by atoms with Crippen LogP contribution >= 0.6 is 15.9 Å². The highest BCUT2D eigenvalue weighted by molar-refractivity contribution is 9.10. The van der Waals surface area contributed by atoms with Gasteiger partial charge in [-0.2, -0.15) is 0 Å². The molecule has 0 fully saturated rings. The molecule has 6 nitrogen and oxygen atoms in total. The Morgan fingerprint density at radius 3 is 2.38 bits per heavy atom. The van der Waals surface area contributed by atoms with Crippen molar-refractivity contribution in [3.8, 4) is 5.75 Å². The Morgan fingerprint density at radius 2 is 1.90 bits per heavy atom. The number of aromatic hydroxyl groups is 1. The highest BCUT2D eigenvalue weighted by Gasteiger charge is 2.07. The molecule has 0 unspecified atom stereocenters. The first-order valence-electron chi connectivity index (χ1n) is 5.89. The average molecular weight is 352 g/mol. The number of non-ortho nitro benzene ring substituents is 1. The number of nitrogens with zero attached hydrogens (tertiary/aromatic N) is 1. The maximum atomic E-state index is 10.2. The minimum atomic E-state index is -0.577. The van der Waals surface area contributed by atoms with E-state index in [0.717, 1.165) is 22.4 Å². The summed E-state index contributed by atoms with van der Waals surface area (Å²) in [4.78, 5) is 9.65. The molecule has 0 aromatic heterocycles. The number of benzene rings is 2. The monoisotopic (exact) mass is 351 g/mol. The fourth-order valence-electron chi connectivity index (χ4n) is 1.39. The van der Waals surface area contributed by atoms with E-state index < -0.39 is 4.92 Å². The Balaban J connectivity index is 0.000000219. The average Bonchev–Trinajstić information content (AvgIpc) is 2.49. The summed E-state index contributed by atoms with van der Waals surface area (Å²) in [6.45, 7) is 0. The van der Waals surface area contributed by atoms with Crippen LogP contribution in [-0.2, 0) is 0 Å². The second-order valence-electron chi connectivity index (χ2n) is 3.90. The molecule has 0 atom stereocenters. The van der Waals surface area contributed by atoms with Crippen molar-refractivity contribution in [2.45, 2.75) is 0 Å². The lowest BCUT2D eigenvalue weighted by atomic mass is 10.2. The molecule has 21 heavy (non-hydrogen) atoms. The van der Waals surface area contributed by atoms with Crippen molar-refractivity contribution in [1.82, 2.24) is 0 Å². The number of phenols is 1. The Morgan fingerprint density at radius 1 is 1.29 bits per heavy atom. The van der Waals surface area contributed by atoms with Gasteiger partial charge >= 0.3 is 0 Å². The normalized spacial score (nSPS) is 9.24. The van der Waals surface area contributed by atoms with Gasteiger partial charge in [0.15, 0.2) is 0 Å². The van der Waals surface area contributed by atoms with E-state index in [4.69, 9.17) is 10.5 Å². The number of nitro groups is 1. The number of nitro benzene ring substituents is 1. The predicted octanol–water partition coefficient (Wildman–Crippen LogP) is 3.79. The molecule has 110 valence electrons. The molecule has 2 aromatic carbocycles. The van der Waals surface area contributed by atoms with Crippen LogP contribution in [0, 0.1) is 15.5 Å². The standard InChI is InChI=1S/C7H8BrN.C7H6N2O3/c1-9-7-4-2-6(8)3-5-7;8-4-5-3-6(9(11)12)1-2-7(5)10/h2-5,9H,1H3;1-4,8,10H. The van der Waals surface area contributed by atoms with Crippen LogP contribution in [0.2, 0.25) is 0 Å². The van der Waals surface area contributed by atoms with E-state index >= 15 is 0 Å². The van der Waals surface area contributed by atoms with E-state index in [9.17, 15) is 10.1 Å². The van der Waals surface area contributed by atoms with Crippen LogP contribution in [0.3, 0.4) is 0 Å². The van der Waals surface area contributed by atoms with Gasteiger partial charge in [0.25, 0.3) is 5.69 Å². The molecule has 0 bridgehead atoms. The molecule has 0 saturated heterocycles. The minimum absolute atomic E-state index is 0.129. The van der Waals surface area contributed by atoms with Gasteiger partial charge in [-0.3, -0.25) is 10.1 Å². The van der Waals surface area contributed by atoms with Crippen LogP contribution in [0.1, 0.15) is 5.56 Å². The van der Waals surface area contributed by atoms with Crippen LogP contribution in [0.15, 0.2) is 46.9 Å². The third-order valence-corrected chi connectivity index (χ3v) is 3.04. The molecule has 7 heteroatoms. The SMILES string of the molecule is CNc1ccc(Br)cc1.N=Cc1cc([N+](=O)[O-])ccc1O. The van der Waals surface area contributed by atoms with Crippen LogP contribution in [-0.4, -0.2) is 23.3 Å². The maximum Gasteiger partial charge on any atom is 0.270 e. The largest absolute Gasteiger partial charge is 0.507 e. The van der Waals surface area contributed by atoms with Crippen molar-refractivity contribution in [2.75, 3.05) is 12.4 Å². The molecule has 0 aliphatic heterocycles. The highest BCUT2D eigenvalue weighted by Crippen LogP contribution is 2.20. The molecule has 0 aliphatic rings. The Hall–Kier alpha value is -2.41. The first-order chi connectivity index (χ1) is 9.97. The van der Waals surface area contributed by atoms with E-state index in [-0.39, 0.29) is 17.0 Å². The molecule has 0 heterocycles. The number of hydrogen-bond acceptors (Lipinski definition) is 5. The summed E-state index contributed by atoms with van der Waals surface area (Å²) in [5.74, 6) is -0.129. The van der Waals surface area contributed by atoms with E-state index in [2.05, 4.69) is 21.2 Å². The van der Waals surface area contributed by atoms with Gasteiger partial charge in [0.2, 0.25) is 0 Å². The maximum absolute atomic E-state index is 10.2. The first-order valence-corrected chi connectivity index (χ1v) is 6.68. The van der Waals surface area contributed by atoms with Crippen molar-refractivity contribution in [3.63, 3.8) is 0 Å². The zero-order valence-electron chi connectivity index (χ0n) is 11.2. The number of anilines is 1. The molecule has 0 radical (unpaired) electrons. The van der Waals surface area contributed by atoms with E-state index in [1.807, 2.05) is 31.3 Å². The zero-order chi connectivity index (χ0) is 15.8. The van der Waals surface area contributed by atoms with Gasteiger partial charge in [-0.15, -0.1) is 0 Å². The van der Waals surface area contributed by atoms with Gasteiger partial charge in [0.05, 0.1) is 4.92 Å². The Bertz CT molecular complexity index is 630. The number of halogens is 1. The van der Waals surface area contributed by atoms with E-state index in [1.165, 1.54) is 12.1 Å². The second-order valence-corrected chi connectivity index (χ2v) is 4.82. The van der Waals surface area contributed by atoms with Gasteiger partial charge in [-0.1, -0.05) is 15.9 Å². The lowest BCUT2D eigenvalue weighted by molar-refractivity contribution is -0.384. The summed E-state index contributed by atoms with van der Waals surface area (Å²) < 4.78 is 1.11. The van der Waals surface area contributed by atoms with E-state index in [1.54, 1.807) is 0 Å². The summed E-state index contributed by atoms with van der Waals surface area (Å²) >= 11 is 3.35. The van der Waals surface area contributed by atoms with E-state index in [0.29, 0.717) is 0 Å². The van der Waals surface area contributed by atoms with Crippen LogP contribution in [0.4, 0.5) is 11.4 Å². The number of hydrogen-bond donors (Lipinski definition) is 3. The summed E-state index contributed by atoms with van der Waals surface area (Å²) in [6.07, 6.45) is 0.863. The molecule has 0 aliphatic carbocycles. The fraction of sp³-hybridized carbons (Fsp3) is 0.0714. The predicted molar refractivity (Wildman–Crippen MR) is 86.3 cm³/mol. The van der Waals surface area contributed by atoms with Gasteiger partial charge in [-0.05, 0) is 30.3 Å². The molecular formula is C14H14BrN3O3. The number of nitrogens with one attached hydrogen (secondary N) is 2. The van der Waals surface area contributed by atoms with Crippen LogP contribution in [0.5, 0.6) is 5.75 Å². The van der Waals surface area contributed by atoms with Crippen molar-refractivity contribution in [1.29, 1.82) is 5.41 Å².